The summed E-state index contributed by atoms with van der Waals surface area (Å²) in [6.07, 6.45) is 1.44. The molecular weight excluding hydrogens is 341 g/mol. The maximum atomic E-state index is 6.09. The third kappa shape index (κ3) is 3.02. The second-order valence-corrected chi connectivity index (χ2v) is 5.01. The maximum absolute atomic E-state index is 6.09. The summed E-state index contributed by atoms with van der Waals surface area (Å²) in [6.45, 7) is 0. The van der Waals surface area contributed by atoms with E-state index in [9.17, 15) is 0 Å². The third-order valence-electron chi connectivity index (χ3n) is 2.06. The van der Waals surface area contributed by atoms with Gasteiger partial charge in [-0.3, -0.25) is 5.43 Å². The SMILES string of the molecule is NNc1ncc(Cl)c(Nc2ccc(Br)cc2Cl)n1. The summed E-state index contributed by atoms with van der Waals surface area (Å²) in [6, 6.07) is 5.42. The fourth-order valence-corrected chi connectivity index (χ4v) is 2.10. The van der Waals surface area contributed by atoms with Crippen molar-refractivity contribution in [2.75, 3.05) is 10.7 Å². The Balaban J connectivity index is 2.33. The molecule has 94 valence electrons. The van der Waals surface area contributed by atoms with E-state index in [1.807, 2.05) is 6.07 Å². The smallest absolute Gasteiger partial charge is 0.239 e. The van der Waals surface area contributed by atoms with Crippen molar-refractivity contribution in [1.82, 2.24) is 9.97 Å². The van der Waals surface area contributed by atoms with E-state index < -0.39 is 0 Å². The van der Waals surface area contributed by atoms with E-state index in [0.29, 0.717) is 21.6 Å². The fourth-order valence-electron chi connectivity index (χ4n) is 1.24. The molecule has 0 bridgehead atoms. The second kappa shape index (κ2) is 5.71. The first-order valence-corrected chi connectivity index (χ1v) is 6.36. The molecule has 0 aliphatic carbocycles. The van der Waals surface area contributed by atoms with Crippen molar-refractivity contribution in [2.24, 2.45) is 5.84 Å². The van der Waals surface area contributed by atoms with Crippen LogP contribution in [-0.2, 0) is 0 Å². The number of halogens is 3. The minimum atomic E-state index is 0.259. The van der Waals surface area contributed by atoms with E-state index in [4.69, 9.17) is 29.0 Å². The number of aromatic nitrogens is 2. The molecule has 4 N–H and O–H groups in total. The first-order valence-electron chi connectivity index (χ1n) is 4.81. The normalized spacial score (nSPS) is 10.2. The van der Waals surface area contributed by atoms with Gasteiger partial charge >= 0.3 is 0 Å². The Morgan fingerprint density at radius 1 is 1.22 bits per heavy atom. The lowest BCUT2D eigenvalue weighted by molar-refractivity contribution is 1.12. The van der Waals surface area contributed by atoms with Crippen LogP contribution < -0.4 is 16.6 Å². The first kappa shape index (κ1) is 13.4. The van der Waals surface area contributed by atoms with Crippen LogP contribution in [0.2, 0.25) is 10.0 Å². The number of nitrogens with zero attached hydrogens (tertiary/aromatic N) is 2. The lowest BCUT2D eigenvalue weighted by atomic mass is 10.3. The molecule has 8 heteroatoms. The molecule has 5 nitrogen and oxygen atoms in total. The monoisotopic (exact) mass is 347 g/mol. The van der Waals surface area contributed by atoms with Gasteiger partial charge in [-0.1, -0.05) is 39.1 Å². The molecule has 2 rings (SSSR count). The standard InChI is InChI=1S/C10H8BrCl2N5/c11-5-1-2-8(6(12)3-5)16-9-7(13)4-15-10(17-9)18-14/h1-4H,14H2,(H2,15,16,17,18). The van der Waals surface area contributed by atoms with Gasteiger partial charge in [-0.2, -0.15) is 4.98 Å². The number of nitrogens with two attached hydrogens (primary N) is 1. The number of rotatable bonds is 3. The average molecular weight is 349 g/mol. The zero-order chi connectivity index (χ0) is 13.1. The molecule has 0 radical (unpaired) electrons. The van der Waals surface area contributed by atoms with E-state index in [1.165, 1.54) is 6.20 Å². The average Bonchev–Trinajstić information content (AvgIpc) is 2.35. The van der Waals surface area contributed by atoms with Gasteiger partial charge in [0, 0.05) is 4.47 Å². The molecule has 0 spiro atoms. The molecule has 18 heavy (non-hydrogen) atoms. The Bertz CT molecular complexity index is 578. The minimum Gasteiger partial charge on any atom is -0.338 e. The number of hydrogen-bond donors (Lipinski definition) is 3. The zero-order valence-corrected chi connectivity index (χ0v) is 12.0. The van der Waals surface area contributed by atoms with Crippen molar-refractivity contribution in [2.45, 2.75) is 0 Å². The molecule has 0 fully saturated rings. The summed E-state index contributed by atoms with van der Waals surface area (Å²) in [5.74, 6) is 5.91. The van der Waals surface area contributed by atoms with Gasteiger partial charge in [0.2, 0.25) is 5.95 Å². The lowest BCUT2D eigenvalue weighted by Crippen LogP contribution is -2.11. The quantitative estimate of drug-likeness (QED) is 0.584. The van der Waals surface area contributed by atoms with Crippen LogP contribution in [0, 0.1) is 0 Å². The number of benzene rings is 1. The molecule has 1 heterocycles. The summed E-state index contributed by atoms with van der Waals surface area (Å²) in [7, 11) is 0. The fraction of sp³-hybridized carbons (Fsp3) is 0. The summed E-state index contributed by atoms with van der Waals surface area (Å²) in [4.78, 5) is 7.96. The highest BCUT2D eigenvalue weighted by Crippen LogP contribution is 2.30. The van der Waals surface area contributed by atoms with E-state index in [0.717, 1.165) is 4.47 Å². The highest BCUT2D eigenvalue weighted by molar-refractivity contribution is 9.10. The Hall–Kier alpha value is -1.08. The molecule has 0 saturated carbocycles. The highest BCUT2D eigenvalue weighted by Gasteiger charge is 2.07. The molecule has 0 unspecified atom stereocenters. The van der Waals surface area contributed by atoms with Crippen molar-refractivity contribution in [3.05, 3.63) is 38.9 Å². The Morgan fingerprint density at radius 2 is 2.00 bits per heavy atom. The molecule has 0 atom stereocenters. The Labute approximate surface area is 122 Å². The highest BCUT2D eigenvalue weighted by atomic mass is 79.9. The van der Waals surface area contributed by atoms with E-state index in [-0.39, 0.29) is 5.95 Å². The van der Waals surface area contributed by atoms with Crippen LogP contribution in [0.25, 0.3) is 0 Å². The van der Waals surface area contributed by atoms with Gasteiger partial charge in [0.15, 0.2) is 5.82 Å². The Kier molecular flexibility index (Phi) is 4.23. The molecule has 0 saturated heterocycles. The van der Waals surface area contributed by atoms with Gasteiger partial charge in [-0.15, -0.1) is 0 Å². The topological polar surface area (TPSA) is 75.9 Å². The van der Waals surface area contributed by atoms with Gasteiger partial charge in [0.1, 0.15) is 5.02 Å². The second-order valence-electron chi connectivity index (χ2n) is 3.28. The van der Waals surface area contributed by atoms with Gasteiger partial charge in [-0.05, 0) is 18.2 Å². The maximum Gasteiger partial charge on any atom is 0.239 e. The molecule has 2 aromatic rings. The van der Waals surface area contributed by atoms with Crippen molar-refractivity contribution < 1.29 is 0 Å². The zero-order valence-electron chi connectivity index (χ0n) is 8.92. The van der Waals surface area contributed by atoms with E-state index >= 15 is 0 Å². The summed E-state index contributed by atoms with van der Waals surface area (Å²) in [5.41, 5.74) is 3.03. The van der Waals surface area contributed by atoms with Gasteiger partial charge in [0.25, 0.3) is 0 Å². The third-order valence-corrected chi connectivity index (χ3v) is 3.14. The van der Waals surface area contributed by atoms with Crippen LogP contribution in [0.4, 0.5) is 17.5 Å². The largest absolute Gasteiger partial charge is 0.338 e. The molecule has 0 aliphatic rings. The molecule has 0 amide bonds. The van der Waals surface area contributed by atoms with E-state index in [2.05, 4.69) is 36.6 Å². The number of nitrogen functional groups attached to an aromatic ring is 1. The van der Waals surface area contributed by atoms with Gasteiger partial charge < -0.3 is 5.32 Å². The van der Waals surface area contributed by atoms with Crippen molar-refractivity contribution in [3.63, 3.8) is 0 Å². The molecular formula is C10H8BrCl2N5. The Morgan fingerprint density at radius 3 is 2.67 bits per heavy atom. The van der Waals surface area contributed by atoms with E-state index in [1.54, 1.807) is 12.1 Å². The van der Waals surface area contributed by atoms with Crippen LogP contribution in [0.15, 0.2) is 28.9 Å². The van der Waals surface area contributed by atoms with Crippen LogP contribution in [0.5, 0.6) is 0 Å². The minimum absolute atomic E-state index is 0.259. The number of hydrazine groups is 1. The van der Waals surface area contributed by atoms with Crippen LogP contribution >= 0.6 is 39.1 Å². The lowest BCUT2D eigenvalue weighted by Gasteiger charge is -2.10. The van der Waals surface area contributed by atoms with Crippen molar-refractivity contribution in [3.8, 4) is 0 Å². The summed E-state index contributed by atoms with van der Waals surface area (Å²) < 4.78 is 0.885. The van der Waals surface area contributed by atoms with Crippen LogP contribution in [0.1, 0.15) is 0 Å². The number of nitrogens with one attached hydrogen (secondary N) is 2. The van der Waals surface area contributed by atoms with Crippen LogP contribution in [-0.4, -0.2) is 9.97 Å². The molecule has 0 aliphatic heterocycles. The number of anilines is 3. The summed E-state index contributed by atoms with van der Waals surface area (Å²) in [5, 5.41) is 3.92. The van der Waals surface area contributed by atoms with Crippen LogP contribution in [0.3, 0.4) is 0 Å². The molecule has 1 aromatic carbocycles. The predicted molar refractivity (Wildman–Crippen MR) is 77.3 cm³/mol. The van der Waals surface area contributed by atoms with Gasteiger partial charge in [-0.25, -0.2) is 10.8 Å². The van der Waals surface area contributed by atoms with Crippen molar-refractivity contribution in [1.29, 1.82) is 0 Å². The molecule has 1 aromatic heterocycles. The summed E-state index contributed by atoms with van der Waals surface area (Å²) >= 11 is 15.4. The predicted octanol–water partition coefficient (Wildman–Crippen LogP) is 3.58. The first-order chi connectivity index (χ1) is 8.60. The number of hydrogen-bond acceptors (Lipinski definition) is 5. The van der Waals surface area contributed by atoms with Gasteiger partial charge in [0.05, 0.1) is 16.9 Å². The van der Waals surface area contributed by atoms with Crippen molar-refractivity contribution >= 4 is 56.6 Å².